The molecule has 0 spiro atoms. The van der Waals surface area contributed by atoms with Gasteiger partial charge >= 0.3 is 6.18 Å². The predicted molar refractivity (Wildman–Crippen MR) is 98.7 cm³/mol. The molecule has 25 heavy (non-hydrogen) atoms. The van der Waals surface area contributed by atoms with Crippen LogP contribution >= 0.6 is 0 Å². The Kier molecular flexibility index (Phi) is 8.57. The molecule has 2 rings (SSSR count). The molecule has 3 heteroatoms. The van der Waals surface area contributed by atoms with E-state index in [9.17, 15) is 13.2 Å². The topological polar surface area (TPSA) is 0 Å². The van der Waals surface area contributed by atoms with Gasteiger partial charge in [-0.1, -0.05) is 67.7 Å². The van der Waals surface area contributed by atoms with Gasteiger partial charge in [-0.2, -0.15) is 13.2 Å². The summed E-state index contributed by atoms with van der Waals surface area (Å²) in [5.74, 6) is 0.718. The van der Waals surface area contributed by atoms with Crippen molar-refractivity contribution in [1.82, 2.24) is 0 Å². The molecule has 0 aliphatic heterocycles. The Bertz CT molecular complexity index is 492. The Hall–Kier alpha value is -1.25. The number of hydrogen-bond acceptors (Lipinski definition) is 0. The predicted octanol–water partition coefficient (Wildman–Crippen LogP) is 7.95. The Morgan fingerprint density at radius 2 is 1.44 bits per heavy atom. The summed E-state index contributed by atoms with van der Waals surface area (Å²) in [5, 5.41) is 0. The van der Waals surface area contributed by atoms with Crippen molar-refractivity contribution in [2.24, 2.45) is 0 Å². The van der Waals surface area contributed by atoms with E-state index in [2.05, 4.69) is 36.4 Å². The second kappa shape index (κ2) is 10.7. The van der Waals surface area contributed by atoms with Crippen LogP contribution in [0.2, 0.25) is 0 Å². The number of benzene rings is 1. The number of alkyl halides is 3. The summed E-state index contributed by atoms with van der Waals surface area (Å²) in [6.45, 7) is 0. The van der Waals surface area contributed by atoms with Crippen LogP contribution in [-0.2, 0) is 0 Å². The van der Waals surface area contributed by atoms with E-state index in [0.29, 0.717) is 6.42 Å². The van der Waals surface area contributed by atoms with E-state index in [0.717, 1.165) is 31.6 Å². The van der Waals surface area contributed by atoms with E-state index >= 15 is 0 Å². The molecule has 1 saturated carbocycles. The maximum absolute atomic E-state index is 12.0. The van der Waals surface area contributed by atoms with Crippen LogP contribution in [0.1, 0.15) is 88.5 Å². The lowest BCUT2D eigenvalue weighted by atomic mass is 9.81. The third-order valence-corrected chi connectivity index (χ3v) is 5.25. The summed E-state index contributed by atoms with van der Waals surface area (Å²) in [7, 11) is 0. The zero-order valence-corrected chi connectivity index (χ0v) is 15.2. The molecule has 0 amide bonds. The van der Waals surface area contributed by atoms with Crippen molar-refractivity contribution in [2.75, 3.05) is 0 Å². The van der Waals surface area contributed by atoms with Crippen LogP contribution in [-0.4, -0.2) is 6.18 Å². The summed E-state index contributed by atoms with van der Waals surface area (Å²) >= 11 is 0. The van der Waals surface area contributed by atoms with Gasteiger partial charge in [-0.15, -0.1) is 0 Å². The first-order valence-corrected chi connectivity index (χ1v) is 9.84. The zero-order valence-electron chi connectivity index (χ0n) is 15.2. The fourth-order valence-electron chi connectivity index (χ4n) is 3.73. The van der Waals surface area contributed by atoms with Gasteiger partial charge in [0.25, 0.3) is 0 Å². The minimum atomic E-state index is -3.98. The van der Waals surface area contributed by atoms with Gasteiger partial charge in [0.15, 0.2) is 0 Å². The Morgan fingerprint density at radius 1 is 0.840 bits per heavy atom. The Balaban J connectivity index is 1.50. The second-order valence-corrected chi connectivity index (χ2v) is 7.32. The first-order valence-electron chi connectivity index (χ1n) is 9.84. The van der Waals surface area contributed by atoms with E-state index in [1.165, 1.54) is 37.7 Å². The SMILES string of the molecule is FC(F)(F)CCCCCCCCC=C1CCC(c2ccccc2)CC1. The molecule has 0 bridgehead atoms. The first-order chi connectivity index (χ1) is 12.0. The molecule has 1 aliphatic carbocycles. The molecule has 1 aromatic rings. The molecule has 0 aromatic heterocycles. The van der Waals surface area contributed by atoms with Gasteiger partial charge in [-0.05, 0) is 56.4 Å². The number of allylic oxidation sites excluding steroid dienone is 2. The van der Waals surface area contributed by atoms with Gasteiger partial charge in [0.05, 0.1) is 0 Å². The average molecular weight is 352 g/mol. The minimum absolute atomic E-state index is 0.288. The molecule has 140 valence electrons. The van der Waals surface area contributed by atoms with Gasteiger partial charge in [0, 0.05) is 6.42 Å². The van der Waals surface area contributed by atoms with Crippen molar-refractivity contribution in [3.05, 3.63) is 47.5 Å². The molecule has 0 N–H and O–H groups in total. The smallest absolute Gasteiger partial charge is 0.171 e. The van der Waals surface area contributed by atoms with Crippen molar-refractivity contribution in [2.45, 2.75) is 89.1 Å². The van der Waals surface area contributed by atoms with Crippen molar-refractivity contribution >= 4 is 0 Å². The van der Waals surface area contributed by atoms with Gasteiger partial charge in [0.1, 0.15) is 0 Å². The Labute approximate surface area is 150 Å². The first kappa shape index (κ1) is 20.1. The molecular formula is C22H31F3. The maximum Gasteiger partial charge on any atom is 0.389 e. The largest absolute Gasteiger partial charge is 0.389 e. The van der Waals surface area contributed by atoms with Crippen molar-refractivity contribution in [3.63, 3.8) is 0 Å². The van der Waals surface area contributed by atoms with E-state index in [1.54, 1.807) is 5.57 Å². The van der Waals surface area contributed by atoms with E-state index in [-0.39, 0.29) is 6.42 Å². The summed E-state index contributed by atoms with van der Waals surface area (Å²) in [6, 6.07) is 10.8. The van der Waals surface area contributed by atoms with E-state index < -0.39 is 12.6 Å². The number of hydrogen-bond donors (Lipinski definition) is 0. The van der Waals surface area contributed by atoms with Crippen LogP contribution in [0.5, 0.6) is 0 Å². The normalized spacial score (nSPS) is 18.4. The lowest BCUT2D eigenvalue weighted by Gasteiger charge is -2.24. The van der Waals surface area contributed by atoms with Crippen molar-refractivity contribution < 1.29 is 13.2 Å². The molecule has 1 fully saturated rings. The van der Waals surface area contributed by atoms with Crippen LogP contribution in [0.3, 0.4) is 0 Å². The third kappa shape index (κ3) is 8.60. The maximum atomic E-state index is 12.0. The fourth-order valence-corrected chi connectivity index (χ4v) is 3.73. The van der Waals surface area contributed by atoms with Gasteiger partial charge in [-0.25, -0.2) is 0 Å². The molecule has 0 unspecified atom stereocenters. The summed E-state index contributed by atoms with van der Waals surface area (Å²) < 4.78 is 36.1. The monoisotopic (exact) mass is 352 g/mol. The van der Waals surface area contributed by atoms with Crippen LogP contribution in [0.15, 0.2) is 42.0 Å². The highest BCUT2D eigenvalue weighted by Gasteiger charge is 2.25. The molecule has 1 aromatic carbocycles. The van der Waals surface area contributed by atoms with Gasteiger partial charge in [0.2, 0.25) is 0 Å². The van der Waals surface area contributed by atoms with Crippen molar-refractivity contribution in [1.29, 1.82) is 0 Å². The standard InChI is InChI=1S/C22H31F3/c23-22(24,25)18-10-5-3-1-2-4-7-11-19-14-16-21(17-15-19)20-12-8-6-9-13-20/h6,8-9,11-13,21H,1-5,7,10,14-18H2. The highest BCUT2D eigenvalue weighted by Crippen LogP contribution is 2.35. The lowest BCUT2D eigenvalue weighted by molar-refractivity contribution is -0.135. The molecule has 0 nitrogen and oxygen atoms in total. The summed E-state index contributed by atoms with van der Waals surface area (Å²) in [5.41, 5.74) is 3.09. The average Bonchev–Trinajstić information content (AvgIpc) is 2.61. The highest BCUT2D eigenvalue weighted by molar-refractivity contribution is 5.22. The highest BCUT2D eigenvalue weighted by atomic mass is 19.4. The van der Waals surface area contributed by atoms with Crippen LogP contribution in [0.4, 0.5) is 13.2 Å². The quantitative estimate of drug-likeness (QED) is 0.312. The molecule has 1 aliphatic rings. The lowest BCUT2D eigenvalue weighted by Crippen LogP contribution is -2.06. The third-order valence-electron chi connectivity index (χ3n) is 5.25. The fraction of sp³-hybridized carbons (Fsp3) is 0.636. The van der Waals surface area contributed by atoms with Crippen LogP contribution in [0, 0.1) is 0 Å². The molecule has 0 radical (unpaired) electrons. The van der Waals surface area contributed by atoms with Crippen LogP contribution in [0.25, 0.3) is 0 Å². The molecule has 0 saturated heterocycles. The number of halogens is 3. The summed E-state index contributed by atoms with van der Waals surface area (Å²) in [4.78, 5) is 0. The number of rotatable bonds is 9. The molecule has 0 atom stereocenters. The van der Waals surface area contributed by atoms with Crippen LogP contribution < -0.4 is 0 Å². The van der Waals surface area contributed by atoms with Gasteiger partial charge in [-0.3, -0.25) is 0 Å². The van der Waals surface area contributed by atoms with Gasteiger partial charge < -0.3 is 0 Å². The molecular weight excluding hydrogens is 321 g/mol. The minimum Gasteiger partial charge on any atom is -0.171 e. The summed E-state index contributed by atoms with van der Waals surface area (Å²) in [6.07, 6.45) is 9.22. The second-order valence-electron chi connectivity index (χ2n) is 7.32. The zero-order chi connectivity index (χ0) is 18.0. The number of unbranched alkanes of at least 4 members (excludes halogenated alkanes) is 6. The van der Waals surface area contributed by atoms with Crippen molar-refractivity contribution in [3.8, 4) is 0 Å². The van der Waals surface area contributed by atoms with E-state index in [1.807, 2.05) is 0 Å². The molecule has 0 heterocycles. The Morgan fingerprint density at radius 3 is 2.08 bits per heavy atom. The van der Waals surface area contributed by atoms with E-state index in [4.69, 9.17) is 0 Å².